The van der Waals surface area contributed by atoms with Crippen molar-refractivity contribution < 1.29 is 14.4 Å². The van der Waals surface area contributed by atoms with Crippen molar-refractivity contribution in [2.75, 3.05) is 0 Å². The largest absolute Gasteiger partial charge is 0.307 e. The quantitative estimate of drug-likeness (QED) is 0.0374. The van der Waals surface area contributed by atoms with Crippen molar-refractivity contribution in [2.45, 2.75) is 347 Å². The van der Waals surface area contributed by atoms with E-state index >= 15 is 0 Å². The molecular weight excluding hydrogens is 854 g/mol. The normalized spacial score (nSPS) is 12.7. The number of unbranched alkanes of at least 4 members (excludes halogenated alkanes) is 41. The monoisotopic (exact) mass is 972 g/mol. The first-order chi connectivity index (χ1) is 32.9. The van der Waals surface area contributed by atoms with Crippen molar-refractivity contribution in [3.05, 3.63) is 36.5 Å². The van der Waals surface area contributed by atoms with Gasteiger partial charge in [0.05, 0.1) is 0 Å². The molecule has 4 nitrogen and oxygen atoms in total. The van der Waals surface area contributed by atoms with Gasteiger partial charge in [0.2, 0.25) is 0 Å². The molecule has 0 fully saturated rings. The molecule has 0 aromatic carbocycles. The van der Waals surface area contributed by atoms with Crippen molar-refractivity contribution in [1.82, 2.24) is 0 Å². The van der Waals surface area contributed by atoms with E-state index in [1.54, 1.807) is 0 Å². The Kier molecular flexibility index (Phi) is 56.9. The van der Waals surface area contributed by atoms with Gasteiger partial charge in [0, 0.05) is 19.3 Å². The van der Waals surface area contributed by atoms with Crippen LogP contribution in [-0.4, -0.2) is 22.9 Å². The van der Waals surface area contributed by atoms with Gasteiger partial charge in [-0.3, -0.25) is 14.4 Å². The third-order valence-corrected chi connectivity index (χ3v) is 14.3. The molecule has 0 bridgehead atoms. The molecule has 0 unspecified atom stereocenters. The minimum Gasteiger partial charge on any atom is -0.307 e. The Labute approximate surface area is 431 Å². The highest BCUT2D eigenvalue weighted by molar-refractivity contribution is 6.29. The molecule has 0 atom stereocenters. The first-order valence-electron chi connectivity index (χ1n) is 30.3. The number of ketones is 3. The van der Waals surface area contributed by atoms with Gasteiger partial charge < -0.3 is 5.73 Å². The van der Waals surface area contributed by atoms with Crippen LogP contribution in [0.25, 0.3) is 0 Å². The number of halogens is 1. The van der Waals surface area contributed by atoms with E-state index in [-0.39, 0.29) is 49.0 Å². The Morgan fingerprint density at radius 2 is 0.412 bits per heavy atom. The fourth-order valence-corrected chi connectivity index (χ4v) is 9.54. The van der Waals surface area contributed by atoms with Crippen molar-refractivity contribution >= 4 is 29.8 Å². The number of rotatable bonds is 56. The van der Waals surface area contributed by atoms with Crippen LogP contribution in [0, 0.1) is 0 Å². The molecule has 400 valence electrons. The lowest BCUT2D eigenvalue weighted by Crippen LogP contribution is -2.61. The Morgan fingerprint density at radius 1 is 0.265 bits per heavy atom. The molecule has 0 aromatic heterocycles. The number of carbonyl (C=O) groups excluding carboxylic acids is 3. The molecular formula is C63H118ClNO3. The maximum Gasteiger partial charge on any atom is 0.193 e. The number of hydrogen-bond acceptors (Lipinski definition) is 4. The first-order valence-corrected chi connectivity index (χ1v) is 30.3. The van der Waals surface area contributed by atoms with E-state index in [1.165, 1.54) is 231 Å². The highest BCUT2D eigenvalue weighted by Crippen LogP contribution is 2.22. The average Bonchev–Trinajstić information content (AvgIpc) is 3.33. The summed E-state index contributed by atoms with van der Waals surface area (Å²) in [6, 6.07) is 0. The number of carbonyl (C=O) groups is 3. The maximum atomic E-state index is 13.7. The molecule has 0 radical (unpaired) electrons. The lowest BCUT2D eigenvalue weighted by molar-refractivity contribution is -0.142. The number of nitrogens with two attached hydrogens (primary N) is 1. The Balaban J connectivity index is 0. The van der Waals surface area contributed by atoms with Gasteiger partial charge >= 0.3 is 0 Å². The molecule has 0 aromatic rings. The van der Waals surface area contributed by atoms with Gasteiger partial charge in [-0.05, 0) is 96.3 Å². The molecule has 0 heterocycles. The summed E-state index contributed by atoms with van der Waals surface area (Å²) < 4.78 is 0. The average molecular weight is 973 g/mol. The molecule has 0 amide bonds. The van der Waals surface area contributed by atoms with Crippen LogP contribution in [0.4, 0.5) is 0 Å². The molecule has 0 aliphatic heterocycles. The standard InChI is InChI=1S/C63H117NO3.ClH/c1-4-7-10-13-16-19-22-25-28-30-32-34-37-40-43-46-49-52-55-58-61(66)63(64,60(65)57-54-51-48-45-42-39-36-27-24-21-18-15-12-9-6-3)62(67)59-56-53-50-47-44-41-38-35-33-31-29-26-23-20-17-14-11-8-5-2;/h25-29,36H,4-24,30-35,37-59,64H2,1-3H3;1H. The predicted molar refractivity (Wildman–Crippen MR) is 304 cm³/mol. The summed E-state index contributed by atoms with van der Waals surface area (Å²) in [7, 11) is 0. The van der Waals surface area contributed by atoms with Crippen LogP contribution in [0.3, 0.4) is 0 Å². The van der Waals surface area contributed by atoms with E-state index < -0.39 is 5.54 Å². The third kappa shape index (κ3) is 45.6. The van der Waals surface area contributed by atoms with Gasteiger partial charge in [-0.2, -0.15) is 0 Å². The molecule has 5 heteroatoms. The van der Waals surface area contributed by atoms with E-state index in [0.29, 0.717) is 19.3 Å². The second-order valence-electron chi connectivity index (χ2n) is 20.9. The molecule has 68 heavy (non-hydrogen) atoms. The highest BCUT2D eigenvalue weighted by atomic mass is 35.5. The van der Waals surface area contributed by atoms with E-state index in [2.05, 4.69) is 57.2 Å². The van der Waals surface area contributed by atoms with Crippen molar-refractivity contribution in [2.24, 2.45) is 5.73 Å². The van der Waals surface area contributed by atoms with Gasteiger partial charge in [-0.15, -0.1) is 12.4 Å². The minimum absolute atomic E-state index is 0. The lowest BCUT2D eigenvalue weighted by atomic mass is 9.79. The van der Waals surface area contributed by atoms with Crippen LogP contribution in [0.5, 0.6) is 0 Å². The Bertz CT molecular complexity index is 1100. The molecule has 2 N–H and O–H groups in total. The summed E-state index contributed by atoms with van der Waals surface area (Å²) in [5.41, 5.74) is 4.74. The number of hydrogen-bond donors (Lipinski definition) is 1. The second kappa shape index (κ2) is 56.4. The molecule has 0 spiro atoms. The van der Waals surface area contributed by atoms with Gasteiger partial charge in [-0.25, -0.2) is 0 Å². The smallest absolute Gasteiger partial charge is 0.193 e. The van der Waals surface area contributed by atoms with E-state index in [1.807, 2.05) is 0 Å². The van der Waals surface area contributed by atoms with E-state index in [0.717, 1.165) is 51.4 Å². The van der Waals surface area contributed by atoms with Crippen LogP contribution in [0.2, 0.25) is 0 Å². The fraction of sp³-hybridized carbons (Fsp3) is 0.857. The summed E-state index contributed by atoms with van der Waals surface area (Å²) in [5, 5.41) is 0. The van der Waals surface area contributed by atoms with Gasteiger partial charge in [-0.1, -0.05) is 263 Å². The van der Waals surface area contributed by atoms with Gasteiger partial charge in [0.1, 0.15) is 0 Å². The van der Waals surface area contributed by atoms with Crippen molar-refractivity contribution in [1.29, 1.82) is 0 Å². The van der Waals surface area contributed by atoms with Crippen LogP contribution in [-0.2, 0) is 14.4 Å². The van der Waals surface area contributed by atoms with Gasteiger partial charge in [0.15, 0.2) is 22.9 Å². The van der Waals surface area contributed by atoms with E-state index in [4.69, 9.17) is 5.73 Å². The second-order valence-corrected chi connectivity index (χ2v) is 20.9. The van der Waals surface area contributed by atoms with Gasteiger partial charge in [0.25, 0.3) is 0 Å². The topological polar surface area (TPSA) is 77.2 Å². The molecule has 0 rings (SSSR count). The third-order valence-electron chi connectivity index (χ3n) is 14.3. The molecule has 0 aliphatic carbocycles. The fourth-order valence-electron chi connectivity index (χ4n) is 9.54. The zero-order chi connectivity index (χ0) is 48.8. The summed E-state index contributed by atoms with van der Waals surface area (Å²) >= 11 is 0. The van der Waals surface area contributed by atoms with Crippen LogP contribution >= 0.6 is 12.4 Å². The SMILES string of the molecule is CCCCCCCCC=CCCCCCCCCCCCC(=O)C(N)(C(=O)CCCCCCCC=CCCCCCCCC)C(=O)CCCCCCCCCCCC=CCCCCCCCC.Cl. The molecule has 0 saturated carbocycles. The zero-order valence-corrected chi connectivity index (χ0v) is 46.8. The van der Waals surface area contributed by atoms with Crippen LogP contribution in [0.15, 0.2) is 36.5 Å². The minimum atomic E-state index is -1.95. The number of allylic oxidation sites excluding steroid dienone is 6. The van der Waals surface area contributed by atoms with Crippen LogP contribution in [0.1, 0.15) is 342 Å². The number of Topliss-reactive ketones (excluding diaryl/α,β-unsaturated/α-hetero) is 3. The summed E-state index contributed by atoms with van der Waals surface area (Å²) in [5.74, 6) is -0.990. The lowest BCUT2D eigenvalue weighted by Gasteiger charge is -2.25. The Morgan fingerprint density at radius 3 is 0.588 bits per heavy atom. The van der Waals surface area contributed by atoms with Crippen molar-refractivity contribution in [3.63, 3.8) is 0 Å². The predicted octanol–water partition coefficient (Wildman–Crippen LogP) is 21.0. The summed E-state index contributed by atoms with van der Waals surface area (Å²) in [6.07, 6.45) is 72.6. The van der Waals surface area contributed by atoms with E-state index in [9.17, 15) is 14.4 Å². The molecule has 0 saturated heterocycles. The highest BCUT2D eigenvalue weighted by Gasteiger charge is 2.46. The van der Waals surface area contributed by atoms with Crippen molar-refractivity contribution in [3.8, 4) is 0 Å². The van der Waals surface area contributed by atoms with Crippen LogP contribution < -0.4 is 5.73 Å². The first kappa shape index (κ1) is 68.6. The maximum absolute atomic E-state index is 13.7. The summed E-state index contributed by atoms with van der Waals surface area (Å²) in [4.78, 5) is 41.1. The Hall–Kier alpha value is -1.52. The summed E-state index contributed by atoms with van der Waals surface area (Å²) in [6.45, 7) is 6.82. The molecule has 0 aliphatic rings. The zero-order valence-electron chi connectivity index (χ0n) is 46.0.